The predicted molar refractivity (Wildman–Crippen MR) is 48.3 cm³/mol. The predicted octanol–water partition coefficient (Wildman–Crippen LogP) is 2.74. The summed E-state index contributed by atoms with van der Waals surface area (Å²) in [6, 6.07) is 3.94. The second-order valence-electron chi connectivity index (χ2n) is 2.49. The smallest absolute Gasteiger partial charge is 0.186 e. The third kappa shape index (κ3) is 2.81. The monoisotopic (exact) mass is 202 g/mol. The number of thioether (sulfide) groups is 1. The Balaban J connectivity index is 2.77. The number of halogens is 2. The van der Waals surface area contributed by atoms with Crippen molar-refractivity contribution in [1.29, 1.82) is 0 Å². The lowest BCUT2D eigenvalue weighted by molar-refractivity contribution is -0.109. The summed E-state index contributed by atoms with van der Waals surface area (Å²) in [6.45, 7) is 1.39. The van der Waals surface area contributed by atoms with E-state index in [9.17, 15) is 13.6 Å². The van der Waals surface area contributed by atoms with E-state index in [0.717, 1.165) is 17.8 Å². The molecule has 0 unspecified atom stereocenters. The molecule has 0 N–H and O–H groups in total. The van der Waals surface area contributed by atoms with Crippen molar-refractivity contribution in [2.75, 3.05) is 0 Å². The van der Waals surface area contributed by atoms with E-state index < -0.39 is 11.6 Å². The topological polar surface area (TPSA) is 17.1 Å². The third-order valence-electron chi connectivity index (χ3n) is 1.46. The fourth-order valence-electron chi connectivity index (χ4n) is 0.839. The van der Waals surface area contributed by atoms with Gasteiger partial charge in [0.15, 0.2) is 16.7 Å². The van der Waals surface area contributed by atoms with Gasteiger partial charge in [-0.3, -0.25) is 4.79 Å². The minimum Gasteiger partial charge on any atom is -0.288 e. The first kappa shape index (κ1) is 10.2. The van der Waals surface area contributed by atoms with Crippen LogP contribution in [0, 0.1) is 11.6 Å². The standard InChI is InChI=1S/C9H8F2OS/c1-6(12)13-5-7-3-2-4-8(10)9(7)11/h2-4H,5H2,1H3. The van der Waals surface area contributed by atoms with Gasteiger partial charge in [0.2, 0.25) is 0 Å². The highest BCUT2D eigenvalue weighted by Gasteiger charge is 2.07. The Morgan fingerprint density at radius 1 is 1.46 bits per heavy atom. The zero-order chi connectivity index (χ0) is 9.84. The molecular formula is C9H8F2OS. The molecule has 0 aliphatic heterocycles. The number of hydrogen-bond acceptors (Lipinski definition) is 2. The second-order valence-corrected chi connectivity index (χ2v) is 3.65. The Kier molecular flexibility index (Phi) is 3.42. The van der Waals surface area contributed by atoms with Crippen LogP contribution in [0.2, 0.25) is 0 Å². The molecule has 0 radical (unpaired) electrons. The summed E-state index contributed by atoms with van der Waals surface area (Å²) in [7, 11) is 0. The molecule has 0 atom stereocenters. The van der Waals surface area contributed by atoms with Gasteiger partial charge in [0, 0.05) is 18.2 Å². The van der Waals surface area contributed by atoms with Crippen LogP contribution in [0.15, 0.2) is 18.2 Å². The summed E-state index contributed by atoms with van der Waals surface area (Å²) in [5.74, 6) is -1.56. The average Bonchev–Trinajstić information content (AvgIpc) is 2.07. The minimum atomic E-state index is -0.873. The number of carbonyl (C=O) groups is 1. The van der Waals surface area contributed by atoms with Gasteiger partial charge < -0.3 is 0 Å². The number of rotatable bonds is 2. The molecule has 4 heteroatoms. The molecule has 1 aromatic carbocycles. The van der Waals surface area contributed by atoms with Gasteiger partial charge >= 0.3 is 0 Å². The lowest BCUT2D eigenvalue weighted by Crippen LogP contribution is -1.93. The molecule has 0 heterocycles. The molecular weight excluding hydrogens is 194 g/mol. The van der Waals surface area contributed by atoms with Gasteiger partial charge in [0.25, 0.3) is 0 Å². The van der Waals surface area contributed by atoms with Crippen molar-refractivity contribution in [2.45, 2.75) is 12.7 Å². The quantitative estimate of drug-likeness (QED) is 0.733. The van der Waals surface area contributed by atoms with Gasteiger partial charge in [-0.15, -0.1) is 0 Å². The summed E-state index contributed by atoms with van der Waals surface area (Å²) in [4.78, 5) is 10.6. The van der Waals surface area contributed by atoms with Gasteiger partial charge in [-0.1, -0.05) is 23.9 Å². The molecule has 0 aliphatic rings. The lowest BCUT2D eigenvalue weighted by Gasteiger charge is -2.00. The van der Waals surface area contributed by atoms with E-state index in [-0.39, 0.29) is 16.4 Å². The van der Waals surface area contributed by atoms with Crippen LogP contribution in [0.3, 0.4) is 0 Å². The van der Waals surface area contributed by atoms with Crippen molar-refractivity contribution >= 4 is 16.9 Å². The number of benzene rings is 1. The maximum absolute atomic E-state index is 13.0. The highest BCUT2D eigenvalue weighted by Crippen LogP contribution is 2.17. The molecule has 0 aliphatic carbocycles. The van der Waals surface area contributed by atoms with Crippen LogP contribution < -0.4 is 0 Å². The Hall–Kier alpha value is -0.900. The normalized spacial score (nSPS) is 10.1. The van der Waals surface area contributed by atoms with E-state index in [1.807, 2.05) is 0 Å². The lowest BCUT2D eigenvalue weighted by atomic mass is 10.2. The van der Waals surface area contributed by atoms with Gasteiger partial charge in [-0.2, -0.15) is 0 Å². The first-order chi connectivity index (χ1) is 6.11. The number of carbonyl (C=O) groups excluding carboxylic acids is 1. The van der Waals surface area contributed by atoms with Gasteiger partial charge in [-0.25, -0.2) is 8.78 Å². The highest BCUT2D eigenvalue weighted by atomic mass is 32.2. The summed E-state index contributed by atoms with van der Waals surface area (Å²) in [6.07, 6.45) is 0. The van der Waals surface area contributed by atoms with Crippen LogP contribution in [-0.4, -0.2) is 5.12 Å². The van der Waals surface area contributed by atoms with Crippen molar-refractivity contribution in [3.8, 4) is 0 Å². The van der Waals surface area contributed by atoms with Crippen molar-refractivity contribution in [3.63, 3.8) is 0 Å². The molecule has 0 bridgehead atoms. The van der Waals surface area contributed by atoms with E-state index >= 15 is 0 Å². The van der Waals surface area contributed by atoms with Crippen molar-refractivity contribution in [3.05, 3.63) is 35.4 Å². The molecule has 1 aromatic rings. The summed E-state index contributed by atoms with van der Waals surface area (Å²) in [5, 5.41) is -0.108. The van der Waals surface area contributed by atoms with E-state index in [2.05, 4.69) is 0 Å². The van der Waals surface area contributed by atoms with Crippen LogP contribution in [0.5, 0.6) is 0 Å². The molecule has 0 saturated carbocycles. The van der Waals surface area contributed by atoms with Crippen molar-refractivity contribution < 1.29 is 13.6 Å². The first-order valence-electron chi connectivity index (χ1n) is 3.67. The summed E-state index contributed by atoms with van der Waals surface area (Å²) >= 11 is 0.962. The maximum Gasteiger partial charge on any atom is 0.186 e. The maximum atomic E-state index is 13.0. The zero-order valence-corrected chi connectivity index (χ0v) is 7.83. The molecule has 0 saturated heterocycles. The Morgan fingerprint density at radius 3 is 2.77 bits per heavy atom. The van der Waals surface area contributed by atoms with E-state index in [1.54, 1.807) is 0 Å². The molecule has 0 spiro atoms. The van der Waals surface area contributed by atoms with E-state index in [1.165, 1.54) is 19.1 Å². The minimum absolute atomic E-state index is 0.108. The number of hydrogen-bond donors (Lipinski definition) is 0. The van der Waals surface area contributed by atoms with Crippen molar-refractivity contribution in [1.82, 2.24) is 0 Å². The van der Waals surface area contributed by atoms with Crippen LogP contribution in [0.4, 0.5) is 8.78 Å². The van der Waals surface area contributed by atoms with Gasteiger partial charge in [0.05, 0.1) is 0 Å². The SMILES string of the molecule is CC(=O)SCc1cccc(F)c1F. The molecule has 0 amide bonds. The van der Waals surface area contributed by atoms with Crippen LogP contribution >= 0.6 is 11.8 Å². The molecule has 70 valence electrons. The molecule has 13 heavy (non-hydrogen) atoms. The fourth-order valence-corrected chi connectivity index (χ4v) is 1.42. The summed E-state index contributed by atoms with van der Waals surface area (Å²) in [5.41, 5.74) is 0.222. The van der Waals surface area contributed by atoms with Gasteiger partial charge in [-0.05, 0) is 6.07 Å². The molecule has 0 aromatic heterocycles. The first-order valence-corrected chi connectivity index (χ1v) is 4.66. The third-order valence-corrected chi connectivity index (χ3v) is 2.32. The summed E-state index contributed by atoms with van der Waals surface area (Å²) < 4.78 is 25.6. The molecule has 0 fully saturated rings. The largest absolute Gasteiger partial charge is 0.288 e. The van der Waals surface area contributed by atoms with Crippen molar-refractivity contribution in [2.24, 2.45) is 0 Å². The Labute approximate surface area is 79.1 Å². The highest BCUT2D eigenvalue weighted by molar-refractivity contribution is 8.12. The average molecular weight is 202 g/mol. The molecule has 1 rings (SSSR count). The Morgan fingerprint density at radius 2 is 2.15 bits per heavy atom. The van der Waals surface area contributed by atoms with Crippen LogP contribution in [-0.2, 0) is 10.5 Å². The fraction of sp³-hybridized carbons (Fsp3) is 0.222. The Bertz CT molecular complexity index is 325. The van der Waals surface area contributed by atoms with E-state index in [4.69, 9.17) is 0 Å². The zero-order valence-electron chi connectivity index (χ0n) is 7.01. The molecule has 1 nitrogen and oxygen atoms in total. The van der Waals surface area contributed by atoms with Crippen LogP contribution in [0.25, 0.3) is 0 Å². The van der Waals surface area contributed by atoms with E-state index in [0.29, 0.717) is 0 Å². The van der Waals surface area contributed by atoms with Crippen LogP contribution in [0.1, 0.15) is 12.5 Å². The van der Waals surface area contributed by atoms with Gasteiger partial charge in [0.1, 0.15) is 0 Å². The second kappa shape index (κ2) is 4.37.